The number of allylic oxidation sites excluding steroid dienone is 2. The van der Waals surface area contributed by atoms with E-state index in [2.05, 4.69) is 79.7 Å². The minimum absolute atomic E-state index is 0.504. The summed E-state index contributed by atoms with van der Waals surface area (Å²) in [6.07, 6.45) is 8.00. The molecule has 0 aliphatic carbocycles. The molecule has 0 heterocycles. The quantitative estimate of drug-likeness (QED) is 0.540. The van der Waals surface area contributed by atoms with Crippen LogP contribution in [0.4, 0.5) is 0 Å². The van der Waals surface area contributed by atoms with E-state index in [-0.39, 0.29) is 0 Å². The molecule has 0 nitrogen and oxygen atoms in total. The molecule has 0 bridgehead atoms. The summed E-state index contributed by atoms with van der Waals surface area (Å²) >= 11 is 0. The number of hydrogen-bond donors (Lipinski definition) is 0. The zero-order chi connectivity index (χ0) is 13.3. The maximum Gasteiger partial charge on any atom is 0.209 e. The predicted octanol–water partition coefficient (Wildman–Crippen LogP) is 3.65. The summed E-state index contributed by atoms with van der Waals surface area (Å²) in [6, 6.07) is 21.6. The Morgan fingerprint density at radius 1 is 0.789 bits per heavy atom. The van der Waals surface area contributed by atoms with E-state index in [4.69, 9.17) is 0 Å². The summed E-state index contributed by atoms with van der Waals surface area (Å²) in [7, 11) is 0. The maximum absolute atomic E-state index is 2.30. The molecule has 96 valence electrons. The second kappa shape index (κ2) is 7.63. The third kappa shape index (κ3) is 4.13. The van der Waals surface area contributed by atoms with Gasteiger partial charge in [0, 0.05) is 0 Å². The highest BCUT2D eigenvalue weighted by Crippen LogP contribution is 2.03. The standard InChI is InChI=1S/C18H21B/c1-2-3-4-11-16-19(17-12-7-5-8-13-17)18-14-9-6-10-15-18/h3-10,12-15H,2,11,16H2,1H3. The van der Waals surface area contributed by atoms with Gasteiger partial charge in [0.2, 0.25) is 6.71 Å². The van der Waals surface area contributed by atoms with Crippen molar-refractivity contribution >= 4 is 17.6 Å². The first-order chi connectivity index (χ1) is 9.42. The van der Waals surface area contributed by atoms with E-state index < -0.39 is 0 Å². The van der Waals surface area contributed by atoms with Gasteiger partial charge in [0.1, 0.15) is 0 Å². The zero-order valence-corrected chi connectivity index (χ0v) is 11.6. The fourth-order valence-corrected chi connectivity index (χ4v) is 2.44. The van der Waals surface area contributed by atoms with Crippen molar-refractivity contribution in [2.24, 2.45) is 0 Å². The zero-order valence-electron chi connectivity index (χ0n) is 11.6. The smallest absolute Gasteiger partial charge is 0.0892 e. The Bertz CT molecular complexity index is 448. The lowest BCUT2D eigenvalue weighted by atomic mass is 9.38. The summed E-state index contributed by atoms with van der Waals surface area (Å²) in [4.78, 5) is 0. The molecule has 2 aromatic rings. The summed E-state index contributed by atoms with van der Waals surface area (Å²) in [6.45, 7) is 2.69. The van der Waals surface area contributed by atoms with Gasteiger partial charge in [-0.05, 0) is 12.8 Å². The molecular weight excluding hydrogens is 227 g/mol. The molecule has 2 rings (SSSR count). The van der Waals surface area contributed by atoms with Crippen LogP contribution in [-0.2, 0) is 0 Å². The van der Waals surface area contributed by atoms with Gasteiger partial charge in [-0.1, -0.05) is 97.0 Å². The number of benzene rings is 2. The van der Waals surface area contributed by atoms with Gasteiger partial charge in [-0.2, -0.15) is 0 Å². The molecule has 0 aliphatic heterocycles. The van der Waals surface area contributed by atoms with E-state index in [0.717, 1.165) is 12.8 Å². The third-order valence-electron chi connectivity index (χ3n) is 3.43. The van der Waals surface area contributed by atoms with Gasteiger partial charge in [0.05, 0.1) is 0 Å². The molecule has 0 radical (unpaired) electrons. The van der Waals surface area contributed by atoms with Crippen molar-refractivity contribution in [2.75, 3.05) is 0 Å². The van der Waals surface area contributed by atoms with Crippen LogP contribution in [0.2, 0.25) is 6.32 Å². The minimum Gasteiger partial charge on any atom is -0.0892 e. The third-order valence-corrected chi connectivity index (χ3v) is 3.43. The summed E-state index contributed by atoms with van der Waals surface area (Å²) in [5, 5.41) is 0. The van der Waals surface area contributed by atoms with E-state index in [9.17, 15) is 0 Å². The fraction of sp³-hybridized carbons (Fsp3) is 0.222. The van der Waals surface area contributed by atoms with Gasteiger partial charge < -0.3 is 0 Å². The lowest BCUT2D eigenvalue weighted by Gasteiger charge is -2.13. The molecule has 0 N–H and O–H groups in total. The Labute approximate surface area is 117 Å². The highest BCUT2D eigenvalue weighted by atomic mass is 13.9. The Morgan fingerprint density at radius 3 is 1.79 bits per heavy atom. The van der Waals surface area contributed by atoms with Crippen LogP contribution >= 0.6 is 0 Å². The molecular formula is C18H21B. The van der Waals surface area contributed by atoms with Crippen molar-refractivity contribution in [2.45, 2.75) is 26.1 Å². The minimum atomic E-state index is 0.504. The van der Waals surface area contributed by atoms with Gasteiger partial charge in [-0.25, -0.2) is 0 Å². The van der Waals surface area contributed by atoms with Crippen LogP contribution in [-0.4, -0.2) is 6.71 Å². The van der Waals surface area contributed by atoms with E-state index >= 15 is 0 Å². The van der Waals surface area contributed by atoms with Crippen molar-refractivity contribution < 1.29 is 0 Å². The van der Waals surface area contributed by atoms with E-state index in [1.807, 2.05) is 0 Å². The number of hydrogen-bond acceptors (Lipinski definition) is 0. The molecule has 0 spiro atoms. The molecule has 19 heavy (non-hydrogen) atoms. The van der Waals surface area contributed by atoms with E-state index in [1.165, 1.54) is 17.2 Å². The molecule has 0 atom stereocenters. The lowest BCUT2D eigenvalue weighted by molar-refractivity contribution is 1.14. The van der Waals surface area contributed by atoms with E-state index in [1.54, 1.807) is 0 Å². The van der Waals surface area contributed by atoms with Crippen LogP contribution in [0, 0.1) is 0 Å². The van der Waals surface area contributed by atoms with Crippen LogP contribution in [0.5, 0.6) is 0 Å². The van der Waals surface area contributed by atoms with Crippen molar-refractivity contribution in [1.29, 1.82) is 0 Å². The first-order valence-corrected chi connectivity index (χ1v) is 7.16. The van der Waals surface area contributed by atoms with Crippen LogP contribution in [0.3, 0.4) is 0 Å². The predicted molar refractivity (Wildman–Crippen MR) is 86.8 cm³/mol. The van der Waals surface area contributed by atoms with Crippen molar-refractivity contribution in [3.63, 3.8) is 0 Å². The van der Waals surface area contributed by atoms with Gasteiger partial charge in [0.25, 0.3) is 0 Å². The fourth-order valence-electron chi connectivity index (χ4n) is 2.44. The van der Waals surface area contributed by atoms with Crippen LogP contribution < -0.4 is 10.9 Å². The molecule has 2 aromatic carbocycles. The Kier molecular flexibility index (Phi) is 5.49. The molecule has 0 saturated carbocycles. The Balaban J connectivity index is 2.17. The van der Waals surface area contributed by atoms with Gasteiger partial charge >= 0.3 is 0 Å². The highest BCUT2D eigenvalue weighted by Gasteiger charge is 2.17. The first-order valence-electron chi connectivity index (χ1n) is 7.16. The first kappa shape index (κ1) is 13.7. The topological polar surface area (TPSA) is 0 Å². The highest BCUT2D eigenvalue weighted by molar-refractivity contribution is 6.85. The van der Waals surface area contributed by atoms with Gasteiger partial charge in [-0.3, -0.25) is 0 Å². The average Bonchev–Trinajstić information content (AvgIpc) is 2.49. The molecule has 0 saturated heterocycles. The van der Waals surface area contributed by atoms with Crippen LogP contribution in [0.15, 0.2) is 72.8 Å². The Morgan fingerprint density at radius 2 is 1.32 bits per heavy atom. The average molecular weight is 248 g/mol. The second-order valence-corrected chi connectivity index (χ2v) is 4.83. The van der Waals surface area contributed by atoms with Crippen molar-refractivity contribution in [1.82, 2.24) is 0 Å². The molecule has 0 unspecified atom stereocenters. The van der Waals surface area contributed by atoms with Gasteiger partial charge in [0.15, 0.2) is 0 Å². The molecule has 0 fully saturated rings. The normalized spacial score (nSPS) is 10.8. The van der Waals surface area contributed by atoms with Crippen molar-refractivity contribution in [3.05, 3.63) is 72.8 Å². The summed E-state index contributed by atoms with van der Waals surface area (Å²) in [5.41, 5.74) is 2.83. The van der Waals surface area contributed by atoms with E-state index in [0.29, 0.717) is 6.71 Å². The van der Waals surface area contributed by atoms with Gasteiger partial charge in [-0.15, -0.1) is 0 Å². The molecule has 0 aliphatic rings. The number of rotatable bonds is 6. The summed E-state index contributed by atoms with van der Waals surface area (Å²) < 4.78 is 0. The SMILES string of the molecule is CCC=CCCB(c1ccccc1)c1ccccc1. The summed E-state index contributed by atoms with van der Waals surface area (Å²) in [5.74, 6) is 0. The lowest BCUT2D eigenvalue weighted by Crippen LogP contribution is -2.41. The monoisotopic (exact) mass is 248 g/mol. The molecule has 0 aromatic heterocycles. The Hall–Kier alpha value is -1.76. The van der Waals surface area contributed by atoms with Crippen molar-refractivity contribution in [3.8, 4) is 0 Å². The largest absolute Gasteiger partial charge is 0.209 e. The van der Waals surface area contributed by atoms with Crippen LogP contribution in [0.1, 0.15) is 19.8 Å². The van der Waals surface area contributed by atoms with Crippen LogP contribution in [0.25, 0.3) is 0 Å². The maximum atomic E-state index is 2.30. The second-order valence-electron chi connectivity index (χ2n) is 4.83. The molecule has 1 heteroatoms. The molecule has 0 amide bonds.